The molecule has 2 aromatic carbocycles. The average molecular weight is 427 g/mol. The lowest BCUT2D eigenvalue weighted by Gasteiger charge is -2.10. The van der Waals surface area contributed by atoms with E-state index in [-0.39, 0.29) is 11.7 Å². The number of halogens is 2. The Morgan fingerprint density at radius 1 is 1.11 bits per heavy atom. The zero-order valence-electron chi connectivity index (χ0n) is 10.2. The first-order chi connectivity index (χ1) is 9.15. The third-order valence-corrected chi connectivity index (χ3v) is 4.98. The minimum Gasteiger partial charge on any atom is -0.294 e. The second-order valence-electron chi connectivity index (χ2n) is 4.86. The first kappa shape index (κ1) is 13.3. The van der Waals surface area contributed by atoms with Crippen LogP contribution in [0.2, 0.25) is 0 Å². The number of fused-ring (bicyclic) bond motifs is 1. The molecule has 2 aromatic rings. The lowest BCUT2D eigenvalue weighted by atomic mass is 9.95. The van der Waals surface area contributed by atoms with E-state index in [1.165, 1.54) is 11.1 Å². The number of Topliss-reactive ketones (excluding diaryl/α,β-unsaturated/α-hetero) is 1. The molecule has 1 nitrogen and oxygen atoms in total. The van der Waals surface area contributed by atoms with Crippen molar-refractivity contribution in [2.75, 3.05) is 0 Å². The van der Waals surface area contributed by atoms with Crippen molar-refractivity contribution in [1.29, 1.82) is 0 Å². The van der Waals surface area contributed by atoms with Crippen molar-refractivity contribution in [2.24, 2.45) is 5.92 Å². The Morgan fingerprint density at radius 2 is 1.74 bits per heavy atom. The normalized spacial score (nSPS) is 14.4. The lowest BCUT2D eigenvalue weighted by Crippen LogP contribution is -2.15. The van der Waals surface area contributed by atoms with E-state index >= 15 is 0 Å². The molecule has 0 bridgehead atoms. The van der Waals surface area contributed by atoms with Crippen molar-refractivity contribution in [3.63, 3.8) is 0 Å². The molecule has 0 unspecified atom stereocenters. The molecule has 3 rings (SSSR count). The van der Waals surface area contributed by atoms with Crippen molar-refractivity contribution in [2.45, 2.75) is 12.8 Å². The minimum absolute atomic E-state index is 0.0897. The van der Waals surface area contributed by atoms with Gasteiger partial charge in [-0.3, -0.25) is 4.79 Å². The van der Waals surface area contributed by atoms with Crippen molar-refractivity contribution in [1.82, 2.24) is 0 Å². The predicted octanol–water partition coefficient (Wildman–Crippen LogP) is 4.65. The van der Waals surface area contributed by atoms with Crippen LogP contribution < -0.4 is 0 Å². The number of hydrogen-bond acceptors (Lipinski definition) is 1. The summed E-state index contributed by atoms with van der Waals surface area (Å²) in [7, 11) is 0. The van der Waals surface area contributed by atoms with E-state index in [0.717, 1.165) is 26.4 Å². The third-order valence-electron chi connectivity index (χ3n) is 3.62. The highest BCUT2D eigenvalue weighted by molar-refractivity contribution is 14.1. The van der Waals surface area contributed by atoms with Gasteiger partial charge in [-0.05, 0) is 64.8 Å². The van der Waals surface area contributed by atoms with Gasteiger partial charge in [0.2, 0.25) is 0 Å². The zero-order valence-corrected chi connectivity index (χ0v) is 13.9. The van der Waals surface area contributed by atoms with Crippen LogP contribution in [0.5, 0.6) is 0 Å². The first-order valence-electron chi connectivity index (χ1n) is 6.21. The maximum atomic E-state index is 12.7. The molecule has 0 fully saturated rings. The summed E-state index contributed by atoms with van der Waals surface area (Å²) >= 11 is 5.73. The Balaban J connectivity index is 1.89. The van der Waals surface area contributed by atoms with Gasteiger partial charge in [-0.25, -0.2) is 0 Å². The van der Waals surface area contributed by atoms with Crippen LogP contribution in [0.4, 0.5) is 0 Å². The quantitative estimate of drug-likeness (QED) is 0.504. The fourth-order valence-corrected chi connectivity index (χ4v) is 3.58. The largest absolute Gasteiger partial charge is 0.294 e. The Morgan fingerprint density at radius 3 is 2.37 bits per heavy atom. The summed E-state index contributed by atoms with van der Waals surface area (Å²) in [6, 6.07) is 14.3. The molecule has 0 atom stereocenters. The molecule has 0 heterocycles. The Hall–Kier alpha value is -0.680. The molecule has 0 aromatic heterocycles. The van der Waals surface area contributed by atoms with Gasteiger partial charge in [0.05, 0.1) is 0 Å². The summed E-state index contributed by atoms with van der Waals surface area (Å²) in [5.74, 6) is 0.341. The van der Waals surface area contributed by atoms with Crippen molar-refractivity contribution >= 4 is 44.3 Å². The molecule has 0 amide bonds. The molecular weight excluding hydrogens is 415 g/mol. The van der Waals surface area contributed by atoms with Crippen LogP contribution in [-0.2, 0) is 12.8 Å². The minimum atomic E-state index is 0.0897. The van der Waals surface area contributed by atoms with Crippen molar-refractivity contribution < 1.29 is 4.79 Å². The summed E-state index contributed by atoms with van der Waals surface area (Å²) in [6.07, 6.45) is 1.74. The number of ketones is 1. The van der Waals surface area contributed by atoms with Crippen molar-refractivity contribution in [3.05, 3.63) is 67.2 Å². The third kappa shape index (κ3) is 2.63. The highest BCUT2D eigenvalue weighted by Crippen LogP contribution is 2.31. The van der Waals surface area contributed by atoms with Crippen LogP contribution in [0, 0.1) is 9.49 Å². The predicted molar refractivity (Wildman–Crippen MR) is 88.5 cm³/mol. The molecule has 1 aliphatic carbocycles. The van der Waals surface area contributed by atoms with Gasteiger partial charge in [0, 0.05) is 19.5 Å². The van der Waals surface area contributed by atoms with Gasteiger partial charge in [0.25, 0.3) is 0 Å². The lowest BCUT2D eigenvalue weighted by molar-refractivity contribution is 0.0924. The summed E-state index contributed by atoms with van der Waals surface area (Å²) in [4.78, 5) is 12.7. The molecule has 19 heavy (non-hydrogen) atoms. The van der Waals surface area contributed by atoms with E-state index in [1.54, 1.807) is 0 Å². The standard InChI is InChI=1S/C16H12BrIO/c17-15-6-5-13(18)9-14(15)16(19)12-7-10-3-1-2-4-11(10)8-12/h1-6,9,12H,7-8H2. The van der Waals surface area contributed by atoms with E-state index in [4.69, 9.17) is 0 Å². The molecule has 3 heteroatoms. The molecule has 0 aliphatic heterocycles. The van der Waals surface area contributed by atoms with Crippen LogP contribution >= 0.6 is 38.5 Å². The van der Waals surface area contributed by atoms with Crippen molar-refractivity contribution in [3.8, 4) is 0 Å². The maximum absolute atomic E-state index is 12.7. The Bertz CT molecular complexity index is 626. The van der Waals surface area contributed by atoms with Crippen LogP contribution in [0.15, 0.2) is 46.9 Å². The number of carbonyl (C=O) groups excluding carboxylic acids is 1. The molecule has 0 spiro atoms. The van der Waals surface area contributed by atoms with Gasteiger partial charge < -0.3 is 0 Å². The fraction of sp³-hybridized carbons (Fsp3) is 0.188. The summed E-state index contributed by atoms with van der Waals surface area (Å²) in [6.45, 7) is 0. The van der Waals surface area contributed by atoms with Gasteiger partial charge in [-0.2, -0.15) is 0 Å². The molecule has 1 aliphatic rings. The molecular formula is C16H12BrIO. The SMILES string of the molecule is O=C(c1cc(I)ccc1Br)C1Cc2ccccc2C1. The van der Waals surface area contributed by atoms with E-state index in [2.05, 4.69) is 50.7 Å². The molecule has 0 saturated carbocycles. The van der Waals surface area contributed by atoms with E-state index < -0.39 is 0 Å². The topological polar surface area (TPSA) is 17.1 Å². The zero-order chi connectivity index (χ0) is 13.4. The van der Waals surface area contributed by atoms with Gasteiger partial charge in [-0.1, -0.05) is 40.2 Å². The number of hydrogen-bond donors (Lipinski definition) is 0. The molecule has 0 radical (unpaired) electrons. The van der Waals surface area contributed by atoms with E-state index in [1.807, 2.05) is 30.3 Å². The van der Waals surface area contributed by atoms with Crippen LogP contribution in [0.25, 0.3) is 0 Å². The molecule has 0 saturated heterocycles. The fourth-order valence-electron chi connectivity index (χ4n) is 2.65. The van der Waals surface area contributed by atoms with Gasteiger partial charge in [0.1, 0.15) is 0 Å². The Labute approximate surface area is 134 Å². The number of benzene rings is 2. The Kier molecular flexibility index (Phi) is 3.76. The van der Waals surface area contributed by atoms with Crippen LogP contribution in [0.3, 0.4) is 0 Å². The van der Waals surface area contributed by atoms with Crippen LogP contribution in [0.1, 0.15) is 21.5 Å². The second-order valence-corrected chi connectivity index (χ2v) is 6.96. The van der Waals surface area contributed by atoms with E-state index in [0.29, 0.717) is 0 Å². The van der Waals surface area contributed by atoms with Crippen LogP contribution in [-0.4, -0.2) is 5.78 Å². The second kappa shape index (κ2) is 5.37. The highest BCUT2D eigenvalue weighted by atomic mass is 127. The van der Waals surface area contributed by atoms with Gasteiger partial charge >= 0.3 is 0 Å². The summed E-state index contributed by atoms with van der Waals surface area (Å²) in [5.41, 5.74) is 3.45. The summed E-state index contributed by atoms with van der Waals surface area (Å²) in [5, 5.41) is 0. The number of carbonyl (C=O) groups is 1. The first-order valence-corrected chi connectivity index (χ1v) is 8.08. The van der Waals surface area contributed by atoms with E-state index in [9.17, 15) is 4.79 Å². The smallest absolute Gasteiger partial charge is 0.167 e. The summed E-state index contributed by atoms with van der Waals surface area (Å²) < 4.78 is 1.99. The maximum Gasteiger partial charge on any atom is 0.167 e. The van der Waals surface area contributed by atoms with Gasteiger partial charge in [-0.15, -0.1) is 0 Å². The number of rotatable bonds is 2. The monoisotopic (exact) mass is 426 g/mol. The molecule has 96 valence electrons. The highest BCUT2D eigenvalue weighted by Gasteiger charge is 2.28. The average Bonchev–Trinajstić information content (AvgIpc) is 2.84. The van der Waals surface area contributed by atoms with Gasteiger partial charge in [0.15, 0.2) is 5.78 Å². The molecule has 0 N–H and O–H groups in total.